The molecule has 0 spiro atoms. The summed E-state index contributed by atoms with van der Waals surface area (Å²) < 4.78 is 3.15. The van der Waals surface area contributed by atoms with Gasteiger partial charge in [0.15, 0.2) is 10.8 Å². The smallest absolute Gasteiger partial charge is 0.355 e. The number of carboxylic acids is 1. The highest BCUT2D eigenvalue weighted by Gasteiger charge is 2.45. The number of aromatic carboxylic acids is 1. The van der Waals surface area contributed by atoms with Gasteiger partial charge in [-0.25, -0.2) is 14.8 Å². The minimum Gasteiger partial charge on any atom is -0.476 e. The molecule has 3 aromatic heterocycles. The van der Waals surface area contributed by atoms with Crippen LogP contribution in [-0.4, -0.2) is 38.1 Å². The fourth-order valence-electron chi connectivity index (χ4n) is 9.74. The Hall–Kier alpha value is -5.01. The Morgan fingerprint density at radius 1 is 1.02 bits per heavy atom. The Morgan fingerprint density at radius 2 is 1.80 bits per heavy atom. The third kappa shape index (κ3) is 6.18. The number of carbonyl (C=O) groups is 2. The van der Waals surface area contributed by atoms with Crippen molar-refractivity contribution in [2.45, 2.75) is 72.4 Å². The Morgan fingerprint density at radius 3 is 2.55 bits per heavy atom. The highest BCUT2D eigenvalue weighted by Crippen LogP contribution is 2.54. The summed E-state index contributed by atoms with van der Waals surface area (Å²) in [4.78, 5) is 37.7. The van der Waals surface area contributed by atoms with Gasteiger partial charge in [0.25, 0.3) is 5.91 Å². The van der Waals surface area contributed by atoms with E-state index in [0.29, 0.717) is 59.1 Å². The largest absolute Gasteiger partial charge is 0.476 e. The maximum Gasteiger partial charge on any atom is 0.355 e. The van der Waals surface area contributed by atoms with Crippen molar-refractivity contribution in [3.63, 3.8) is 0 Å². The molecule has 10 heteroatoms. The first kappa shape index (κ1) is 33.2. The van der Waals surface area contributed by atoms with E-state index >= 15 is 0 Å². The van der Waals surface area contributed by atoms with Gasteiger partial charge < -0.3 is 14.6 Å². The second-order valence-electron chi connectivity index (χ2n) is 15.3. The van der Waals surface area contributed by atoms with E-state index in [1.165, 1.54) is 30.6 Å². The number of amides is 1. The Labute approximate surface area is 302 Å². The van der Waals surface area contributed by atoms with E-state index in [-0.39, 0.29) is 17.0 Å². The summed E-state index contributed by atoms with van der Waals surface area (Å²) in [6.45, 7) is 8.56. The molecule has 1 aliphatic heterocycles. The summed E-state index contributed by atoms with van der Waals surface area (Å²) in [5.74, 6) is 1.26. The quantitative estimate of drug-likeness (QED) is 0.174. The molecule has 9 nitrogen and oxygen atoms in total. The van der Waals surface area contributed by atoms with Crippen molar-refractivity contribution >= 4 is 44.4 Å². The minimum atomic E-state index is -1.12. The number of pyridine rings is 1. The van der Waals surface area contributed by atoms with E-state index in [9.17, 15) is 20.0 Å². The number of para-hydroxylation sites is 1. The number of anilines is 2. The summed E-state index contributed by atoms with van der Waals surface area (Å²) in [5.41, 5.74) is 6.22. The standard InChI is InChI=1S/C41H42N6O3S/c1-24-15-27-16-25(2)19-41(18-24,20-27)23-47-26(3)32(17-29(47)21-42)30-11-12-36(44-37(30)39(49)50)46-14-13-28-7-6-8-31(33(28)22-46)38(48)45-40-43-34-9-4-5-10-35(34)51-40/h4-12,17,24-25,27H,13-16,18-20,22-23H2,1-3H3,(H,49,50)(H,43,45,48). The second kappa shape index (κ2) is 13.0. The van der Waals surface area contributed by atoms with Crippen molar-refractivity contribution in [3.8, 4) is 17.2 Å². The lowest BCUT2D eigenvalue weighted by atomic mass is 9.56. The molecule has 260 valence electrons. The molecule has 2 aliphatic carbocycles. The van der Waals surface area contributed by atoms with Gasteiger partial charge in [-0.2, -0.15) is 5.26 Å². The Balaban J connectivity index is 1.08. The molecular weight excluding hydrogens is 657 g/mol. The highest BCUT2D eigenvalue weighted by atomic mass is 32.1. The molecule has 2 atom stereocenters. The fraction of sp³-hybridized carbons (Fsp3) is 0.390. The lowest BCUT2D eigenvalue weighted by Crippen LogP contribution is -2.42. The van der Waals surface area contributed by atoms with E-state index in [1.54, 1.807) is 0 Å². The third-order valence-corrected chi connectivity index (χ3v) is 12.4. The molecule has 0 saturated heterocycles. The Bertz CT molecular complexity index is 2180. The molecule has 1 amide bonds. The monoisotopic (exact) mass is 698 g/mol. The van der Waals surface area contributed by atoms with Crippen LogP contribution < -0.4 is 10.2 Å². The van der Waals surface area contributed by atoms with E-state index in [1.807, 2.05) is 72.5 Å². The predicted octanol–water partition coefficient (Wildman–Crippen LogP) is 8.71. The first-order valence-electron chi connectivity index (χ1n) is 18.0. The van der Waals surface area contributed by atoms with E-state index in [4.69, 9.17) is 4.98 Å². The molecule has 2 saturated carbocycles. The summed E-state index contributed by atoms with van der Waals surface area (Å²) in [6.07, 6.45) is 6.78. The molecule has 5 aromatic rings. The van der Waals surface area contributed by atoms with Gasteiger partial charge in [-0.05, 0) is 116 Å². The number of fused-ring (bicyclic) bond motifs is 4. The normalized spacial score (nSPS) is 22.7. The molecule has 2 fully saturated rings. The fourth-order valence-corrected chi connectivity index (χ4v) is 10.6. The van der Waals surface area contributed by atoms with Crippen molar-refractivity contribution in [1.29, 1.82) is 5.26 Å². The van der Waals surface area contributed by atoms with E-state index in [2.05, 4.69) is 34.8 Å². The summed E-state index contributed by atoms with van der Waals surface area (Å²) in [5, 5.41) is 24.3. The number of benzene rings is 2. The highest BCUT2D eigenvalue weighted by molar-refractivity contribution is 7.22. The zero-order valence-corrected chi connectivity index (χ0v) is 30.1. The van der Waals surface area contributed by atoms with Crippen molar-refractivity contribution < 1.29 is 14.7 Å². The molecule has 2 unspecified atom stereocenters. The van der Waals surface area contributed by atoms with Gasteiger partial charge in [-0.1, -0.05) is 49.4 Å². The van der Waals surface area contributed by atoms with Crippen molar-refractivity contribution in [3.05, 3.63) is 94.4 Å². The third-order valence-electron chi connectivity index (χ3n) is 11.5. The number of carboxylic acid groups (broad SMARTS) is 1. The summed E-state index contributed by atoms with van der Waals surface area (Å²) in [6, 6.07) is 21.5. The van der Waals surface area contributed by atoms with Crippen LogP contribution in [-0.2, 0) is 19.5 Å². The number of rotatable bonds is 7. The van der Waals surface area contributed by atoms with Gasteiger partial charge in [0, 0.05) is 42.0 Å². The zero-order valence-electron chi connectivity index (χ0n) is 29.3. The summed E-state index contributed by atoms with van der Waals surface area (Å²) in [7, 11) is 0. The topological polar surface area (TPSA) is 124 Å². The van der Waals surface area contributed by atoms with Crippen molar-refractivity contribution in [1.82, 2.24) is 14.5 Å². The number of hydrogen-bond acceptors (Lipinski definition) is 7. The maximum atomic E-state index is 13.6. The first-order valence-corrected chi connectivity index (χ1v) is 18.8. The average Bonchev–Trinajstić information content (AvgIpc) is 3.65. The number of nitrogens with one attached hydrogen (secondary N) is 1. The SMILES string of the molecule is Cc1c(-c2ccc(N3CCc4cccc(C(=O)Nc5nc6ccccc6s5)c4C3)nc2C(=O)O)cc(C#N)n1CC12CC(C)CC(CC(C)C1)C2. The molecule has 3 aliphatic rings. The van der Waals surface area contributed by atoms with Gasteiger partial charge in [-0.15, -0.1) is 0 Å². The van der Waals surface area contributed by atoms with E-state index < -0.39 is 5.97 Å². The number of thiazole rings is 1. The predicted molar refractivity (Wildman–Crippen MR) is 200 cm³/mol. The second-order valence-corrected chi connectivity index (χ2v) is 16.3. The van der Waals surface area contributed by atoms with Gasteiger partial charge >= 0.3 is 5.97 Å². The van der Waals surface area contributed by atoms with Crippen LogP contribution in [0.3, 0.4) is 0 Å². The number of aromatic nitrogens is 3. The van der Waals surface area contributed by atoms with Crippen LogP contribution in [0.25, 0.3) is 21.3 Å². The van der Waals surface area contributed by atoms with Crippen molar-refractivity contribution in [2.24, 2.45) is 23.2 Å². The molecule has 2 N–H and O–H groups in total. The zero-order chi connectivity index (χ0) is 35.4. The van der Waals surface area contributed by atoms with Crippen LogP contribution in [0.5, 0.6) is 0 Å². The van der Waals surface area contributed by atoms with Crippen molar-refractivity contribution in [2.75, 3.05) is 16.8 Å². The van der Waals surface area contributed by atoms with Gasteiger partial charge in [0.05, 0.1) is 10.2 Å². The molecule has 4 heterocycles. The molecule has 2 aromatic carbocycles. The average molecular weight is 699 g/mol. The van der Waals surface area contributed by atoms with Gasteiger partial charge in [0.1, 0.15) is 17.6 Å². The lowest BCUT2D eigenvalue weighted by Gasteiger charge is -2.50. The molecule has 0 radical (unpaired) electrons. The minimum absolute atomic E-state index is 0.0410. The van der Waals surface area contributed by atoms with Crippen LogP contribution >= 0.6 is 11.3 Å². The number of nitriles is 1. The van der Waals surface area contributed by atoms with Crippen LogP contribution in [0, 0.1) is 41.4 Å². The molecule has 51 heavy (non-hydrogen) atoms. The van der Waals surface area contributed by atoms with Crippen LogP contribution in [0.4, 0.5) is 10.9 Å². The number of hydrogen-bond donors (Lipinski definition) is 2. The van der Waals surface area contributed by atoms with Crippen LogP contribution in [0.1, 0.15) is 89.3 Å². The molecular formula is C41H42N6O3S. The van der Waals surface area contributed by atoms with Gasteiger partial charge in [0.2, 0.25) is 0 Å². The molecule has 2 bridgehead atoms. The lowest BCUT2D eigenvalue weighted by molar-refractivity contribution is 0.00426. The van der Waals surface area contributed by atoms with Gasteiger partial charge in [-0.3, -0.25) is 10.1 Å². The number of nitrogens with zero attached hydrogens (tertiary/aromatic N) is 5. The van der Waals surface area contributed by atoms with Crippen LogP contribution in [0.15, 0.2) is 60.7 Å². The summed E-state index contributed by atoms with van der Waals surface area (Å²) >= 11 is 1.44. The van der Waals surface area contributed by atoms with E-state index in [0.717, 1.165) is 57.9 Å². The Kier molecular flexibility index (Phi) is 8.42. The number of carbonyl (C=O) groups excluding carboxylic acids is 1. The van der Waals surface area contributed by atoms with Crippen LogP contribution in [0.2, 0.25) is 0 Å². The maximum absolute atomic E-state index is 13.6. The molecule has 8 rings (SSSR count). The first-order chi connectivity index (χ1) is 24.6.